The third-order valence-electron chi connectivity index (χ3n) is 2.53. The van der Waals surface area contributed by atoms with Gasteiger partial charge in [-0.1, -0.05) is 18.2 Å². The van der Waals surface area contributed by atoms with Crippen LogP contribution in [-0.2, 0) is 4.79 Å². The van der Waals surface area contributed by atoms with Gasteiger partial charge in [0.1, 0.15) is 11.3 Å². The molecule has 1 amide bonds. The fourth-order valence-corrected chi connectivity index (χ4v) is 1.62. The summed E-state index contributed by atoms with van der Waals surface area (Å²) in [5.74, 6) is -1.10. The SMILES string of the molecule is Cc1[nH]nc(NC(=O)COc2ccccc2)c1C(=O)O. The van der Waals surface area contributed by atoms with Gasteiger partial charge in [-0.25, -0.2) is 4.79 Å². The third-order valence-corrected chi connectivity index (χ3v) is 2.53. The van der Waals surface area contributed by atoms with Crippen LogP contribution in [0.25, 0.3) is 0 Å². The van der Waals surface area contributed by atoms with E-state index in [4.69, 9.17) is 9.84 Å². The molecule has 2 rings (SSSR count). The smallest absolute Gasteiger partial charge is 0.341 e. The first-order chi connectivity index (χ1) is 9.58. The summed E-state index contributed by atoms with van der Waals surface area (Å²) in [6.07, 6.45) is 0. The molecule has 0 spiro atoms. The molecular weight excluding hydrogens is 262 g/mol. The molecule has 0 radical (unpaired) electrons. The molecule has 7 nitrogen and oxygen atoms in total. The van der Waals surface area contributed by atoms with Crippen molar-refractivity contribution in [2.75, 3.05) is 11.9 Å². The number of hydrogen-bond acceptors (Lipinski definition) is 4. The molecule has 0 saturated heterocycles. The van der Waals surface area contributed by atoms with E-state index in [-0.39, 0.29) is 18.0 Å². The Hall–Kier alpha value is -2.83. The number of rotatable bonds is 5. The van der Waals surface area contributed by atoms with Gasteiger partial charge in [-0.15, -0.1) is 0 Å². The Morgan fingerprint density at radius 2 is 2.05 bits per heavy atom. The lowest BCUT2D eigenvalue weighted by Crippen LogP contribution is -2.21. The highest BCUT2D eigenvalue weighted by atomic mass is 16.5. The van der Waals surface area contributed by atoms with E-state index in [2.05, 4.69) is 15.5 Å². The number of aryl methyl sites for hydroxylation is 1. The van der Waals surface area contributed by atoms with Crippen molar-refractivity contribution in [2.24, 2.45) is 0 Å². The second-order valence-corrected chi connectivity index (χ2v) is 4.03. The number of benzene rings is 1. The lowest BCUT2D eigenvalue weighted by molar-refractivity contribution is -0.118. The lowest BCUT2D eigenvalue weighted by atomic mass is 10.2. The standard InChI is InChI=1S/C13H13N3O4/c1-8-11(13(18)19)12(16-15-8)14-10(17)7-20-9-5-3-2-4-6-9/h2-6H,7H2,1H3,(H,18,19)(H2,14,15,16,17). The molecular formula is C13H13N3O4. The van der Waals surface area contributed by atoms with Crippen molar-refractivity contribution < 1.29 is 19.4 Å². The first-order valence-electron chi connectivity index (χ1n) is 5.84. The van der Waals surface area contributed by atoms with Gasteiger partial charge in [0.05, 0.1) is 0 Å². The Kier molecular flexibility index (Phi) is 3.99. The van der Waals surface area contributed by atoms with Gasteiger partial charge in [-0.3, -0.25) is 9.89 Å². The summed E-state index contributed by atoms with van der Waals surface area (Å²) in [6.45, 7) is 1.33. The maximum atomic E-state index is 11.7. The lowest BCUT2D eigenvalue weighted by Gasteiger charge is -2.06. The highest BCUT2D eigenvalue weighted by Crippen LogP contribution is 2.15. The molecule has 0 saturated carbocycles. The molecule has 0 aliphatic heterocycles. The first-order valence-corrected chi connectivity index (χ1v) is 5.84. The normalized spacial score (nSPS) is 10.1. The van der Waals surface area contributed by atoms with Crippen LogP contribution >= 0.6 is 0 Å². The Balaban J connectivity index is 1.97. The van der Waals surface area contributed by atoms with E-state index in [0.29, 0.717) is 11.4 Å². The molecule has 0 aliphatic carbocycles. The average molecular weight is 275 g/mol. The van der Waals surface area contributed by atoms with E-state index >= 15 is 0 Å². The molecule has 0 aliphatic rings. The number of amides is 1. The van der Waals surface area contributed by atoms with Crippen LogP contribution in [0.5, 0.6) is 5.75 Å². The van der Waals surface area contributed by atoms with E-state index < -0.39 is 11.9 Å². The average Bonchev–Trinajstić information content (AvgIpc) is 2.78. The zero-order valence-corrected chi connectivity index (χ0v) is 10.7. The number of H-pyrrole nitrogens is 1. The van der Waals surface area contributed by atoms with Gasteiger partial charge in [-0.05, 0) is 19.1 Å². The van der Waals surface area contributed by atoms with Gasteiger partial charge >= 0.3 is 5.97 Å². The molecule has 0 fully saturated rings. The molecule has 2 aromatic rings. The number of ether oxygens (including phenoxy) is 1. The molecule has 20 heavy (non-hydrogen) atoms. The van der Waals surface area contributed by atoms with Crippen LogP contribution in [0.3, 0.4) is 0 Å². The second kappa shape index (κ2) is 5.87. The van der Waals surface area contributed by atoms with Gasteiger partial charge in [0.25, 0.3) is 5.91 Å². The van der Waals surface area contributed by atoms with Crippen LogP contribution in [0.1, 0.15) is 16.1 Å². The number of aromatic carboxylic acids is 1. The van der Waals surface area contributed by atoms with Crippen LogP contribution in [-0.4, -0.2) is 33.8 Å². The summed E-state index contributed by atoms with van der Waals surface area (Å²) in [6, 6.07) is 8.83. The van der Waals surface area contributed by atoms with Crippen LogP contribution in [0.2, 0.25) is 0 Å². The van der Waals surface area contributed by atoms with Crippen molar-refractivity contribution in [3.63, 3.8) is 0 Å². The van der Waals surface area contributed by atoms with Crippen molar-refractivity contribution >= 4 is 17.7 Å². The zero-order chi connectivity index (χ0) is 14.5. The van der Waals surface area contributed by atoms with Crippen molar-refractivity contribution in [3.05, 3.63) is 41.6 Å². The van der Waals surface area contributed by atoms with E-state index in [0.717, 1.165) is 0 Å². The molecule has 0 unspecified atom stereocenters. The quantitative estimate of drug-likeness (QED) is 0.765. The number of carbonyl (C=O) groups is 2. The molecule has 3 N–H and O–H groups in total. The topological polar surface area (TPSA) is 104 Å². The van der Waals surface area contributed by atoms with Crippen LogP contribution in [0, 0.1) is 6.92 Å². The van der Waals surface area contributed by atoms with Crippen molar-refractivity contribution in [1.82, 2.24) is 10.2 Å². The van der Waals surface area contributed by atoms with Crippen molar-refractivity contribution in [1.29, 1.82) is 0 Å². The summed E-state index contributed by atoms with van der Waals surface area (Å²) in [7, 11) is 0. The predicted octanol–water partition coefficient (Wildman–Crippen LogP) is 1.43. The first kappa shape index (κ1) is 13.6. The number of carboxylic acids is 1. The van der Waals surface area contributed by atoms with E-state index in [9.17, 15) is 9.59 Å². The highest BCUT2D eigenvalue weighted by Gasteiger charge is 2.19. The number of aromatic nitrogens is 2. The fourth-order valence-electron chi connectivity index (χ4n) is 1.62. The molecule has 1 heterocycles. The number of nitrogens with zero attached hydrogens (tertiary/aromatic N) is 1. The molecule has 7 heteroatoms. The van der Waals surface area contributed by atoms with Gasteiger partial charge in [0.2, 0.25) is 0 Å². The number of aromatic amines is 1. The summed E-state index contributed by atoms with van der Waals surface area (Å²) >= 11 is 0. The summed E-state index contributed by atoms with van der Waals surface area (Å²) in [4.78, 5) is 22.7. The zero-order valence-electron chi connectivity index (χ0n) is 10.7. The number of carboxylic acid groups (broad SMARTS) is 1. The molecule has 0 bridgehead atoms. The molecule has 1 aromatic carbocycles. The minimum Gasteiger partial charge on any atom is -0.484 e. The predicted molar refractivity (Wildman–Crippen MR) is 70.9 cm³/mol. The third kappa shape index (κ3) is 3.14. The van der Waals surface area contributed by atoms with E-state index in [1.54, 1.807) is 31.2 Å². The van der Waals surface area contributed by atoms with Gasteiger partial charge in [0.15, 0.2) is 12.4 Å². The molecule has 1 aromatic heterocycles. The Morgan fingerprint density at radius 1 is 1.35 bits per heavy atom. The second-order valence-electron chi connectivity index (χ2n) is 4.03. The van der Waals surface area contributed by atoms with Gasteiger partial charge < -0.3 is 15.2 Å². The minimum absolute atomic E-state index is 0.0170. The van der Waals surface area contributed by atoms with Crippen LogP contribution in [0.15, 0.2) is 30.3 Å². The van der Waals surface area contributed by atoms with Crippen molar-refractivity contribution in [2.45, 2.75) is 6.92 Å². The van der Waals surface area contributed by atoms with E-state index in [1.807, 2.05) is 6.07 Å². The fraction of sp³-hybridized carbons (Fsp3) is 0.154. The monoisotopic (exact) mass is 275 g/mol. The Bertz CT molecular complexity index is 622. The van der Waals surface area contributed by atoms with Crippen LogP contribution in [0.4, 0.5) is 5.82 Å². The minimum atomic E-state index is -1.16. The number of para-hydroxylation sites is 1. The van der Waals surface area contributed by atoms with E-state index in [1.165, 1.54) is 0 Å². The maximum Gasteiger partial charge on any atom is 0.341 e. The maximum absolute atomic E-state index is 11.7. The largest absolute Gasteiger partial charge is 0.484 e. The number of nitrogens with one attached hydrogen (secondary N) is 2. The Morgan fingerprint density at radius 3 is 2.70 bits per heavy atom. The summed E-state index contributed by atoms with van der Waals surface area (Å²) in [5, 5.41) is 17.7. The number of hydrogen-bond donors (Lipinski definition) is 3. The highest BCUT2D eigenvalue weighted by molar-refractivity contribution is 6.00. The summed E-state index contributed by atoms with van der Waals surface area (Å²) in [5.41, 5.74) is 0.315. The number of anilines is 1. The van der Waals surface area contributed by atoms with Crippen molar-refractivity contribution in [3.8, 4) is 5.75 Å². The van der Waals surface area contributed by atoms with Crippen LogP contribution < -0.4 is 10.1 Å². The van der Waals surface area contributed by atoms with Gasteiger partial charge in [0, 0.05) is 5.69 Å². The molecule has 0 atom stereocenters. The van der Waals surface area contributed by atoms with Gasteiger partial charge in [-0.2, -0.15) is 5.10 Å². The Labute approximate surface area is 114 Å². The number of carbonyl (C=O) groups excluding carboxylic acids is 1. The molecule has 104 valence electrons. The summed E-state index contributed by atoms with van der Waals surface area (Å²) < 4.78 is 5.25.